The smallest absolute Gasteiger partial charge is 0.310 e. The number of thiophene rings is 1. The molecule has 1 unspecified atom stereocenters. The van der Waals surface area contributed by atoms with E-state index in [0.29, 0.717) is 6.42 Å². The van der Waals surface area contributed by atoms with Gasteiger partial charge in [-0.1, -0.05) is 6.92 Å². The molecule has 17 heavy (non-hydrogen) atoms. The van der Waals surface area contributed by atoms with E-state index in [1.54, 1.807) is 11.3 Å². The van der Waals surface area contributed by atoms with Gasteiger partial charge in [0.2, 0.25) is 0 Å². The molecule has 0 amide bonds. The van der Waals surface area contributed by atoms with Crippen LogP contribution in [0.4, 0.5) is 13.2 Å². The molecule has 6 heteroatoms. The second-order valence-electron chi connectivity index (χ2n) is 3.76. The highest BCUT2D eigenvalue weighted by molar-refractivity contribution is 9.11. The number of hydrogen-bond acceptors (Lipinski definition) is 2. The quantitative estimate of drug-likeness (QED) is 0.783. The zero-order chi connectivity index (χ0) is 12.9. The Kier molecular flexibility index (Phi) is 5.95. The maximum absolute atomic E-state index is 12.1. The van der Waals surface area contributed by atoms with E-state index in [4.69, 9.17) is 0 Å². The van der Waals surface area contributed by atoms with E-state index in [1.807, 2.05) is 19.1 Å². The molecular formula is C11H15BrF3NS. The van der Waals surface area contributed by atoms with Crippen LogP contribution in [0.1, 0.15) is 37.1 Å². The SMILES string of the molecule is CCNC(CCCC(F)(F)F)c1ccc(Br)s1. The maximum atomic E-state index is 12.1. The molecule has 0 radical (unpaired) electrons. The topological polar surface area (TPSA) is 12.0 Å². The average Bonchev–Trinajstić information content (AvgIpc) is 2.62. The Hall–Kier alpha value is -0.0700. The van der Waals surface area contributed by atoms with Gasteiger partial charge < -0.3 is 5.32 Å². The van der Waals surface area contributed by atoms with Crippen LogP contribution in [-0.2, 0) is 0 Å². The van der Waals surface area contributed by atoms with Crippen molar-refractivity contribution >= 4 is 27.3 Å². The van der Waals surface area contributed by atoms with Crippen molar-refractivity contribution in [2.45, 2.75) is 38.4 Å². The van der Waals surface area contributed by atoms with Gasteiger partial charge in [0.25, 0.3) is 0 Å². The molecule has 1 aromatic rings. The van der Waals surface area contributed by atoms with Crippen molar-refractivity contribution < 1.29 is 13.2 Å². The van der Waals surface area contributed by atoms with E-state index in [9.17, 15) is 13.2 Å². The molecule has 0 fully saturated rings. The van der Waals surface area contributed by atoms with E-state index in [0.717, 1.165) is 15.2 Å². The van der Waals surface area contributed by atoms with Gasteiger partial charge in [-0.2, -0.15) is 13.2 Å². The number of alkyl halides is 3. The number of hydrogen-bond donors (Lipinski definition) is 1. The first-order valence-corrected chi connectivity index (χ1v) is 7.08. The molecule has 0 saturated heterocycles. The average molecular weight is 330 g/mol. The lowest BCUT2D eigenvalue weighted by Gasteiger charge is -2.16. The third kappa shape index (κ3) is 5.88. The monoisotopic (exact) mass is 329 g/mol. The van der Waals surface area contributed by atoms with Crippen LogP contribution in [-0.4, -0.2) is 12.7 Å². The third-order valence-electron chi connectivity index (χ3n) is 2.34. The summed E-state index contributed by atoms with van der Waals surface area (Å²) >= 11 is 4.93. The van der Waals surface area contributed by atoms with Crippen LogP contribution in [0, 0.1) is 0 Å². The summed E-state index contributed by atoms with van der Waals surface area (Å²) in [4.78, 5) is 1.08. The summed E-state index contributed by atoms with van der Waals surface area (Å²) in [5.41, 5.74) is 0. The van der Waals surface area contributed by atoms with Crippen LogP contribution in [0.3, 0.4) is 0 Å². The van der Waals surface area contributed by atoms with Gasteiger partial charge in [-0.3, -0.25) is 0 Å². The first-order valence-electron chi connectivity index (χ1n) is 5.47. The lowest BCUT2D eigenvalue weighted by Crippen LogP contribution is -2.20. The largest absolute Gasteiger partial charge is 0.389 e. The summed E-state index contributed by atoms with van der Waals surface area (Å²) in [7, 11) is 0. The molecule has 0 aliphatic rings. The normalized spacial score (nSPS) is 13.9. The van der Waals surface area contributed by atoms with Crippen LogP contribution in [0.5, 0.6) is 0 Å². The molecule has 1 N–H and O–H groups in total. The molecule has 0 aromatic carbocycles. The minimum absolute atomic E-state index is 0.0265. The molecule has 0 aliphatic heterocycles. The second kappa shape index (κ2) is 6.75. The Balaban J connectivity index is 2.49. The van der Waals surface area contributed by atoms with Crippen LogP contribution >= 0.6 is 27.3 Å². The van der Waals surface area contributed by atoms with Crippen molar-refractivity contribution in [3.8, 4) is 0 Å². The molecule has 0 saturated carbocycles. The van der Waals surface area contributed by atoms with Crippen LogP contribution < -0.4 is 5.32 Å². The number of rotatable bonds is 6. The molecule has 0 aliphatic carbocycles. The Labute approximate surface area is 112 Å². The minimum Gasteiger partial charge on any atom is -0.310 e. The van der Waals surface area contributed by atoms with E-state index in [-0.39, 0.29) is 12.5 Å². The Morgan fingerprint density at radius 2 is 2.12 bits per heavy atom. The molecule has 1 nitrogen and oxygen atoms in total. The molecule has 0 bridgehead atoms. The van der Waals surface area contributed by atoms with Crippen LogP contribution in [0.15, 0.2) is 15.9 Å². The molecular weight excluding hydrogens is 315 g/mol. The van der Waals surface area contributed by atoms with Crippen LogP contribution in [0.25, 0.3) is 0 Å². The van der Waals surface area contributed by atoms with Gasteiger partial charge in [-0.25, -0.2) is 0 Å². The summed E-state index contributed by atoms with van der Waals surface area (Å²) in [6.45, 7) is 2.71. The van der Waals surface area contributed by atoms with E-state index >= 15 is 0 Å². The third-order valence-corrected chi connectivity index (χ3v) is 4.08. The Morgan fingerprint density at radius 1 is 1.41 bits per heavy atom. The van der Waals surface area contributed by atoms with Crippen molar-refractivity contribution in [1.29, 1.82) is 0 Å². The number of halogens is 4. The molecule has 1 rings (SSSR count). The second-order valence-corrected chi connectivity index (χ2v) is 6.25. The van der Waals surface area contributed by atoms with Gasteiger partial charge in [-0.05, 0) is 47.4 Å². The lowest BCUT2D eigenvalue weighted by atomic mass is 10.1. The van der Waals surface area contributed by atoms with E-state index < -0.39 is 12.6 Å². The fraction of sp³-hybridized carbons (Fsp3) is 0.636. The molecule has 1 aromatic heterocycles. The maximum Gasteiger partial charge on any atom is 0.389 e. The highest BCUT2D eigenvalue weighted by Crippen LogP contribution is 2.31. The molecule has 0 spiro atoms. The molecule has 1 heterocycles. The standard InChI is InChI=1S/C11H15BrF3NS/c1-2-16-8(4-3-7-11(13,14)15)9-5-6-10(12)17-9/h5-6,8,16H,2-4,7H2,1H3. The van der Waals surface area contributed by atoms with Crippen molar-refractivity contribution in [1.82, 2.24) is 5.32 Å². The first-order chi connectivity index (χ1) is 7.92. The van der Waals surface area contributed by atoms with Gasteiger partial charge in [0, 0.05) is 17.3 Å². The summed E-state index contributed by atoms with van der Waals surface area (Å²) < 4.78 is 37.2. The van der Waals surface area contributed by atoms with Gasteiger partial charge in [-0.15, -0.1) is 11.3 Å². The number of nitrogens with one attached hydrogen (secondary N) is 1. The highest BCUT2D eigenvalue weighted by atomic mass is 79.9. The van der Waals surface area contributed by atoms with Gasteiger partial charge in [0.05, 0.1) is 3.79 Å². The van der Waals surface area contributed by atoms with Gasteiger partial charge >= 0.3 is 6.18 Å². The molecule has 98 valence electrons. The summed E-state index contributed by atoms with van der Waals surface area (Å²) in [5, 5.41) is 3.22. The highest BCUT2D eigenvalue weighted by Gasteiger charge is 2.27. The van der Waals surface area contributed by atoms with Crippen molar-refractivity contribution in [3.63, 3.8) is 0 Å². The predicted octanol–water partition coefficient (Wildman–Crippen LogP) is 4.89. The van der Waals surface area contributed by atoms with Crippen molar-refractivity contribution in [2.75, 3.05) is 6.54 Å². The Morgan fingerprint density at radius 3 is 2.59 bits per heavy atom. The fourth-order valence-electron chi connectivity index (χ4n) is 1.61. The summed E-state index contributed by atoms with van der Waals surface area (Å²) in [5.74, 6) is 0. The van der Waals surface area contributed by atoms with E-state index in [2.05, 4.69) is 21.2 Å². The minimum atomic E-state index is -4.05. The van der Waals surface area contributed by atoms with Gasteiger partial charge in [0.1, 0.15) is 0 Å². The summed E-state index contributed by atoms with van der Waals surface area (Å²) in [6, 6.07) is 3.91. The zero-order valence-corrected chi connectivity index (χ0v) is 11.9. The zero-order valence-electron chi connectivity index (χ0n) is 9.48. The van der Waals surface area contributed by atoms with Crippen LogP contribution in [0.2, 0.25) is 0 Å². The predicted molar refractivity (Wildman–Crippen MR) is 68.3 cm³/mol. The van der Waals surface area contributed by atoms with Crippen molar-refractivity contribution in [3.05, 3.63) is 20.8 Å². The first kappa shape index (κ1) is 15.0. The van der Waals surface area contributed by atoms with Gasteiger partial charge in [0.15, 0.2) is 0 Å². The fourth-order valence-corrected chi connectivity index (χ4v) is 3.15. The lowest BCUT2D eigenvalue weighted by molar-refractivity contribution is -0.135. The van der Waals surface area contributed by atoms with E-state index in [1.165, 1.54) is 0 Å². The molecule has 1 atom stereocenters. The van der Waals surface area contributed by atoms with Crippen molar-refractivity contribution in [2.24, 2.45) is 0 Å². The summed E-state index contributed by atoms with van der Waals surface area (Å²) in [6.07, 6.45) is -4.08. The Bertz CT molecular complexity index is 338.